The zero-order valence-electron chi connectivity index (χ0n) is 14.5. The van der Waals surface area contributed by atoms with Crippen LogP contribution in [0.4, 0.5) is 5.95 Å². The highest BCUT2D eigenvalue weighted by molar-refractivity contribution is 5.77. The van der Waals surface area contributed by atoms with Crippen molar-refractivity contribution in [1.82, 2.24) is 14.9 Å². The minimum Gasteiger partial charge on any atom is -0.374 e. The summed E-state index contributed by atoms with van der Waals surface area (Å²) in [5, 5.41) is 0. The Morgan fingerprint density at radius 3 is 2.80 bits per heavy atom. The Bertz CT molecular complexity index is 579. The van der Waals surface area contributed by atoms with E-state index in [4.69, 9.17) is 9.47 Å². The van der Waals surface area contributed by atoms with Crippen LogP contribution in [0.5, 0.6) is 0 Å². The lowest BCUT2D eigenvalue weighted by Gasteiger charge is -2.37. The summed E-state index contributed by atoms with van der Waals surface area (Å²) in [6, 6.07) is 2.14. The summed E-state index contributed by atoms with van der Waals surface area (Å²) >= 11 is 0. The normalized spacial score (nSPS) is 29.0. The van der Waals surface area contributed by atoms with Crippen LogP contribution >= 0.6 is 0 Å². The maximum atomic E-state index is 12.1. The zero-order chi connectivity index (χ0) is 17.1. The molecule has 0 aromatic carbocycles. The molecule has 0 spiro atoms. The van der Waals surface area contributed by atoms with E-state index in [9.17, 15) is 4.79 Å². The summed E-state index contributed by atoms with van der Waals surface area (Å²) < 4.78 is 11.7. The SMILES string of the molecule is O=C(COC[C@@H]1C[C@@H]2OCCN(c3ncccn3)[C@H]2C1)N1CCCC1. The third kappa shape index (κ3) is 3.77. The number of carbonyl (C=O) groups excluding carboxylic acids is 1. The number of ether oxygens (including phenoxy) is 2. The summed E-state index contributed by atoms with van der Waals surface area (Å²) in [5.74, 6) is 1.33. The predicted molar refractivity (Wildman–Crippen MR) is 92.3 cm³/mol. The molecule has 1 aromatic rings. The zero-order valence-corrected chi connectivity index (χ0v) is 14.5. The second-order valence-corrected chi connectivity index (χ2v) is 7.16. The Hall–Kier alpha value is -1.73. The highest BCUT2D eigenvalue weighted by atomic mass is 16.5. The van der Waals surface area contributed by atoms with E-state index in [1.807, 2.05) is 11.0 Å². The lowest BCUT2D eigenvalue weighted by Crippen LogP contribution is -2.49. The van der Waals surface area contributed by atoms with Crippen LogP contribution in [-0.4, -0.2) is 72.4 Å². The summed E-state index contributed by atoms with van der Waals surface area (Å²) in [4.78, 5) is 25.0. The Labute approximate surface area is 148 Å². The highest BCUT2D eigenvalue weighted by Crippen LogP contribution is 2.35. The van der Waals surface area contributed by atoms with Gasteiger partial charge in [-0.05, 0) is 37.7 Å². The topological polar surface area (TPSA) is 67.8 Å². The Balaban J connectivity index is 1.28. The Kier molecular flexibility index (Phi) is 5.12. The van der Waals surface area contributed by atoms with Crippen molar-refractivity contribution >= 4 is 11.9 Å². The van der Waals surface area contributed by atoms with E-state index in [2.05, 4.69) is 14.9 Å². The van der Waals surface area contributed by atoms with E-state index in [0.29, 0.717) is 25.2 Å². The van der Waals surface area contributed by atoms with Gasteiger partial charge in [0.05, 0.1) is 25.4 Å². The number of hydrogen-bond donors (Lipinski definition) is 0. The first-order valence-corrected chi connectivity index (χ1v) is 9.32. The van der Waals surface area contributed by atoms with Crippen molar-refractivity contribution in [3.8, 4) is 0 Å². The first kappa shape index (κ1) is 16.7. The molecule has 0 unspecified atom stereocenters. The van der Waals surface area contributed by atoms with Gasteiger partial charge in [0.25, 0.3) is 0 Å². The Morgan fingerprint density at radius 2 is 2.00 bits per heavy atom. The largest absolute Gasteiger partial charge is 0.374 e. The van der Waals surface area contributed by atoms with Crippen LogP contribution in [0.1, 0.15) is 25.7 Å². The standard InChI is InChI=1S/C18H26N4O3/c23-17(21-6-1-2-7-21)13-24-12-14-10-15-16(11-14)25-9-8-22(15)18-19-4-3-5-20-18/h3-5,14-16H,1-2,6-13H2/t14-,15-,16-/m0/s1. The molecular formula is C18H26N4O3. The van der Waals surface area contributed by atoms with Crippen molar-refractivity contribution in [1.29, 1.82) is 0 Å². The molecule has 1 saturated carbocycles. The molecule has 3 heterocycles. The number of nitrogens with zero attached hydrogens (tertiary/aromatic N) is 4. The summed E-state index contributed by atoms with van der Waals surface area (Å²) in [6.45, 7) is 4.13. The van der Waals surface area contributed by atoms with Crippen LogP contribution < -0.4 is 4.90 Å². The molecule has 3 aliphatic rings. The van der Waals surface area contributed by atoms with Gasteiger partial charge in [-0.1, -0.05) is 0 Å². The average Bonchev–Trinajstić information content (AvgIpc) is 3.31. The van der Waals surface area contributed by atoms with Crippen molar-refractivity contribution in [3.05, 3.63) is 18.5 Å². The van der Waals surface area contributed by atoms with Crippen molar-refractivity contribution in [2.75, 3.05) is 44.4 Å². The number of aromatic nitrogens is 2. The van der Waals surface area contributed by atoms with E-state index < -0.39 is 0 Å². The molecule has 3 fully saturated rings. The van der Waals surface area contributed by atoms with Gasteiger partial charge < -0.3 is 19.3 Å². The summed E-state index contributed by atoms with van der Waals surface area (Å²) in [7, 11) is 0. The maximum Gasteiger partial charge on any atom is 0.248 e. The third-order valence-corrected chi connectivity index (χ3v) is 5.48. The molecule has 2 saturated heterocycles. The fourth-order valence-electron chi connectivity index (χ4n) is 4.25. The second kappa shape index (κ2) is 7.66. The van der Waals surface area contributed by atoms with Gasteiger partial charge in [-0.15, -0.1) is 0 Å². The number of carbonyl (C=O) groups is 1. The van der Waals surface area contributed by atoms with Gasteiger partial charge >= 0.3 is 0 Å². The van der Waals surface area contributed by atoms with Crippen LogP contribution in [0.2, 0.25) is 0 Å². The molecule has 3 atom stereocenters. The molecule has 0 bridgehead atoms. The number of fused-ring (bicyclic) bond motifs is 1. The van der Waals surface area contributed by atoms with E-state index in [1.54, 1.807) is 12.4 Å². The number of hydrogen-bond acceptors (Lipinski definition) is 6. The second-order valence-electron chi connectivity index (χ2n) is 7.16. The maximum absolute atomic E-state index is 12.1. The van der Waals surface area contributed by atoms with E-state index in [1.165, 1.54) is 0 Å². The monoisotopic (exact) mass is 346 g/mol. The third-order valence-electron chi connectivity index (χ3n) is 5.48. The molecule has 1 aliphatic carbocycles. The van der Waals surface area contributed by atoms with Crippen molar-refractivity contribution in [2.24, 2.45) is 5.92 Å². The van der Waals surface area contributed by atoms with Crippen LogP contribution in [0.15, 0.2) is 18.5 Å². The lowest BCUT2D eigenvalue weighted by molar-refractivity contribution is -0.135. The van der Waals surface area contributed by atoms with Crippen LogP contribution in [0, 0.1) is 5.92 Å². The molecule has 7 nitrogen and oxygen atoms in total. The molecule has 1 aromatic heterocycles. The molecule has 0 N–H and O–H groups in total. The Morgan fingerprint density at radius 1 is 1.20 bits per heavy atom. The first-order valence-electron chi connectivity index (χ1n) is 9.32. The predicted octanol–water partition coefficient (Wildman–Crippen LogP) is 1.10. The van der Waals surface area contributed by atoms with Crippen LogP contribution in [-0.2, 0) is 14.3 Å². The van der Waals surface area contributed by atoms with Crippen LogP contribution in [0.3, 0.4) is 0 Å². The molecular weight excluding hydrogens is 320 g/mol. The van der Waals surface area contributed by atoms with Gasteiger partial charge in [-0.3, -0.25) is 4.79 Å². The number of morpholine rings is 1. The molecule has 136 valence electrons. The number of anilines is 1. The summed E-state index contributed by atoms with van der Waals surface area (Å²) in [6.07, 6.45) is 7.99. The minimum atomic E-state index is 0.128. The number of amides is 1. The molecule has 1 amide bonds. The van der Waals surface area contributed by atoms with E-state index in [0.717, 1.165) is 51.3 Å². The van der Waals surface area contributed by atoms with Gasteiger partial charge in [0.1, 0.15) is 6.61 Å². The van der Waals surface area contributed by atoms with Gasteiger partial charge in [-0.2, -0.15) is 0 Å². The molecule has 25 heavy (non-hydrogen) atoms. The lowest BCUT2D eigenvalue weighted by atomic mass is 10.1. The fourth-order valence-corrected chi connectivity index (χ4v) is 4.25. The highest BCUT2D eigenvalue weighted by Gasteiger charge is 2.42. The minimum absolute atomic E-state index is 0.128. The summed E-state index contributed by atoms with van der Waals surface area (Å²) in [5.41, 5.74) is 0. The van der Waals surface area contributed by atoms with Gasteiger partial charge in [0, 0.05) is 32.0 Å². The van der Waals surface area contributed by atoms with E-state index >= 15 is 0 Å². The number of rotatable bonds is 5. The quantitative estimate of drug-likeness (QED) is 0.795. The molecule has 2 aliphatic heterocycles. The molecule has 0 radical (unpaired) electrons. The van der Waals surface area contributed by atoms with Gasteiger partial charge in [0.2, 0.25) is 11.9 Å². The average molecular weight is 346 g/mol. The smallest absolute Gasteiger partial charge is 0.248 e. The van der Waals surface area contributed by atoms with Gasteiger partial charge in [-0.25, -0.2) is 9.97 Å². The molecule has 4 rings (SSSR count). The van der Waals surface area contributed by atoms with Crippen molar-refractivity contribution < 1.29 is 14.3 Å². The van der Waals surface area contributed by atoms with Crippen molar-refractivity contribution in [2.45, 2.75) is 37.8 Å². The van der Waals surface area contributed by atoms with Gasteiger partial charge in [0.15, 0.2) is 0 Å². The fraction of sp³-hybridized carbons (Fsp3) is 0.722. The first-order chi connectivity index (χ1) is 12.3. The number of likely N-dealkylation sites (tertiary alicyclic amines) is 1. The van der Waals surface area contributed by atoms with Crippen molar-refractivity contribution in [3.63, 3.8) is 0 Å². The molecule has 7 heteroatoms. The van der Waals surface area contributed by atoms with E-state index in [-0.39, 0.29) is 18.6 Å². The van der Waals surface area contributed by atoms with Crippen LogP contribution in [0.25, 0.3) is 0 Å².